The van der Waals surface area contributed by atoms with E-state index in [1.54, 1.807) is 0 Å². The van der Waals surface area contributed by atoms with Crippen molar-refractivity contribution in [3.63, 3.8) is 0 Å². The first-order valence-corrected chi connectivity index (χ1v) is 8.12. The van der Waals surface area contributed by atoms with Crippen LogP contribution in [0.5, 0.6) is 0 Å². The number of carbonyl (C=O) groups is 1. The van der Waals surface area contributed by atoms with Crippen molar-refractivity contribution in [1.29, 1.82) is 0 Å². The summed E-state index contributed by atoms with van der Waals surface area (Å²) in [6, 6.07) is -2.02. The quantitative estimate of drug-likeness (QED) is 0.765. The van der Waals surface area contributed by atoms with E-state index in [9.17, 15) is 31.1 Å². The lowest BCUT2D eigenvalue weighted by Crippen LogP contribution is -2.52. The summed E-state index contributed by atoms with van der Waals surface area (Å²) in [6.07, 6.45) is -8.26. The zero-order valence-electron chi connectivity index (χ0n) is 13.4. The first-order chi connectivity index (χ1) is 11.0. The molecule has 1 heterocycles. The molecule has 2 unspecified atom stereocenters. The molecule has 0 spiro atoms. The van der Waals surface area contributed by atoms with E-state index in [-0.39, 0.29) is 44.7 Å². The molecule has 0 bridgehead atoms. The number of hydrogen-bond donors (Lipinski definition) is 1. The highest BCUT2D eigenvalue weighted by atomic mass is 19.4. The van der Waals surface area contributed by atoms with Crippen LogP contribution in [-0.4, -0.2) is 48.8 Å². The van der Waals surface area contributed by atoms with Crippen molar-refractivity contribution in [2.75, 3.05) is 13.6 Å². The molecule has 1 amide bonds. The summed E-state index contributed by atoms with van der Waals surface area (Å²) < 4.78 is 76.7. The third-order valence-corrected chi connectivity index (χ3v) is 5.16. The Balaban J connectivity index is 1.85. The zero-order valence-corrected chi connectivity index (χ0v) is 13.4. The Kier molecular flexibility index (Phi) is 5.71. The maximum Gasteiger partial charge on any atom is 0.404 e. The number of nitrogens with one attached hydrogen (secondary N) is 1. The number of hydrogen-bond acceptors (Lipinski definition) is 2. The van der Waals surface area contributed by atoms with Crippen LogP contribution in [-0.2, 0) is 4.79 Å². The predicted octanol–water partition coefficient (Wildman–Crippen LogP) is 3.50. The number of piperidine rings is 1. The summed E-state index contributed by atoms with van der Waals surface area (Å²) in [6.45, 7) is 0.170. The number of rotatable bonds is 2. The van der Waals surface area contributed by atoms with E-state index in [1.807, 2.05) is 0 Å². The van der Waals surface area contributed by atoms with E-state index < -0.39 is 36.1 Å². The van der Waals surface area contributed by atoms with Crippen LogP contribution in [0.2, 0.25) is 0 Å². The molecular formula is C15H22F6N2O. The van der Waals surface area contributed by atoms with Crippen LogP contribution >= 0.6 is 0 Å². The molecule has 140 valence electrons. The van der Waals surface area contributed by atoms with E-state index in [4.69, 9.17) is 0 Å². The molecule has 2 rings (SSSR count). The minimum atomic E-state index is -4.39. The Morgan fingerprint density at radius 1 is 0.958 bits per heavy atom. The third kappa shape index (κ3) is 4.77. The minimum absolute atomic E-state index is 0.0486. The van der Waals surface area contributed by atoms with Crippen LogP contribution in [0.3, 0.4) is 0 Å². The molecule has 1 saturated heterocycles. The highest BCUT2D eigenvalue weighted by Crippen LogP contribution is 2.38. The standard InChI is InChI=1S/C15H22F6N2O/c1-23-7-6-9(8-12(23)15(19,20)21)13(24)22-11-4-2-10(3-5-11)14(16,17)18/h9-12H,2-8H2,1H3,(H,22,24). The van der Waals surface area contributed by atoms with Gasteiger partial charge in [-0.2, -0.15) is 26.3 Å². The van der Waals surface area contributed by atoms with Gasteiger partial charge in [0, 0.05) is 12.0 Å². The second kappa shape index (κ2) is 7.09. The lowest BCUT2D eigenvalue weighted by molar-refractivity contribution is -0.192. The van der Waals surface area contributed by atoms with Crippen LogP contribution in [0.25, 0.3) is 0 Å². The second-order valence-electron chi connectivity index (χ2n) is 6.86. The highest BCUT2D eigenvalue weighted by molar-refractivity contribution is 5.79. The van der Waals surface area contributed by atoms with Gasteiger partial charge in [-0.3, -0.25) is 9.69 Å². The van der Waals surface area contributed by atoms with Crippen LogP contribution in [0.1, 0.15) is 38.5 Å². The normalized spacial score (nSPS) is 33.3. The summed E-state index contributed by atoms with van der Waals surface area (Å²) in [5, 5.41) is 2.66. The molecule has 0 radical (unpaired) electrons. The molecule has 1 saturated carbocycles. The first-order valence-electron chi connectivity index (χ1n) is 8.12. The molecular weight excluding hydrogens is 338 g/mol. The maximum absolute atomic E-state index is 13.0. The number of halogens is 6. The fraction of sp³-hybridized carbons (Fsp3) is 0.933. The van der Waals surface area contributed by atoms with Gasteiger partial charge in [-0.15, -0.1) is 0 Å². The van der Waals surface area contributed by atoms with Crippen molar-refractivity contribution in [3.05, 3.63) is 0 Å². The monoisotopic (exact) mass is 360 g/mol. The molecule has 1 aliphatic heterocycles. The summed E-state index contributed by atoms with van der Waals surface area (Å²) in [4.78, 5) is 13.4. The molecule has 0 aromatic rings. The maximum atomic E-state index is 13.0. The van der Waals surface area contributed by atoms with Gasteiger partial charge in [-0.1, -0.05) is 0 Å². The van der Waals surface area contributed by atoms with Gasteiger partial charge >= 0.3 is 12.4 Å². The van der Waals surface area contributed by atoms with Crippen LogP contribution < -0.4 is 5.32 Å². The van der Waals surface area contributed by atoms with Crippen molar-refractivity contribution in [2.24, 2.45) is 11.8 Å². The summed E-state index contributed by atoms with van der Waals surface area (Å²) in [7, 11) is 1.38. The van der Waals surface area contributed by atoms with E-state index in [0.29, 0.717) is 6.42 Å². The topological polar surface area (TPSA) is 32.3 Å². The third-order valence-electron chi connectivity index (χ3n) is 5.16. The zero-order chi connectivity index (χ0) is 18.1. The molecule has 1 aliphatic carbocycles. The van der Waals surface area contributed by atoms with Gasteiger partial charge in [0.25, 0.3) is 0 Å². The number of amides is 1. The number of nitrogens with zero attached hydrogens (tertiary/aromatic N) is 1. The van der Waals surface area contributed by atoms with Gasteiger partial charge in [-0.05, 0) is 52.1 Å². The van der Waals surface area contributed by atoms with Crippen LogP contribution in [0.4, 0.5) is 26.3 Å². The smallest absolute Gasteiger partial charge is 0.353 e. The van der Waals surface area contributed by atoms with E-state index in [2.05, 4.69) is 5.32 Å². The molecule has 2 aliphatic rings. The molecule has 3 nitrogen and oxygen atoms in total. The van der Waals surface area contributed by atoms with Crippen LogP contribution in [0, 0.1) is 11.8 Å². The Morgan fingerprint density at radius 3 is 2.04 bits per heavy atom. The lowest BCUT2D eigenvalue weighted by atomic mass is 9.84. The van der Waals surface area contributed by atoms with Gasteiger partial charge in [0.05, 0.1) is 5.92 Å². The number of alkyl halides is 6. The van der Waals surface area contributed by atoms with Gasteiger partial charge in [0.1, 0.15) is 6.04 Å². The lowest BCUT2D eigenvalue weighted by Gasteiger charge is -2.38. The Bertz CT molecular complexity index is 442. The summed E-state index contributed by atoms with van der Waals surface area (Å²) in [5.41, 5.74) is 0. The van der Waals surface area contributed by atoms with E-state index in [1.165, 1.54) is 11.9 Å². The van der Waals surface area contributed by atoms with Crippen molar-refractivity contribution < 1.29 is 31.1 Å². The molecule has 9 heteroatoms. The average Bonchev–Trinajstić information content (AvgIpc) is 2.46. The summed E-state index contributed by atoms with van der Waals surface area (Å²) >= 11 is 0. The van der Waals surface area contributed by atoms with Gasteiger partial charge in [-0.25, -0.2) is 0 Å². The predicted molar refractivity (Wildman–Crippen MR) is 75.1 cm³/mol. The van der Waals surface area contributed by atoms with Crippen LogP contribution in [0.15, 0.2) is 0 Å². The van der Waals surface area contributed by atoms with E-state index >= 15 is 0 Å². The average molecular weight is 360 g/mol. The minimum Gasteiger partial charge on any atom is -0.353 e. The molecule has 2 fully saturated rings. The Morgan fingerprint density at radius 2 is 1.54 bits per heavy atom. The van der Waals surface area contributed by atoms with Crippen molar-refractivity contribution in [1.82, 2.24) is 10.2 Å². The molecule has 2 atom stereocenters. The number of likely N-dealkylation sites (tertiary alicyclic amines) is 1. The van der Waals surface area contributed by atoms with Gasteiger partial charge < -0.3 is 5.32 Å². The van der Waals surface area contributed by atoms with Crippen molar-refractivity contribution >= 4 is 5.91 Å². The van der Waals surface area contributed by atoms with Crippen molar-refractivity contribution in [2.45, 2.75) is 63.0 Å². The number of carbonyl (C=O) groups excluding carboxylic acids is 1. The van der Waals surface area contributed by atoms with Gasteiger partial charge in [0.15, 0.2) is 0 Å². The largest absolute Gasteiger partial charge is 0.404 e. The van der Waals surface area contributed by atoms with E-state index in [0.717, 1.165) is 0 Å². The molecule has 24 heavy (non-hydrogen) atoms. The molecule has 1 N–H and O–H groups in total. The molecule has 0 aromatic carbocycles. The summed E-state index contributed by atoms with van der Waals surface area (Å²) in [5.74, 6) is -2.55. The molecule has 0 aromatic heterocycles. The fourth-order valence-electron chi connectivity index (χ4n) is 3.59. The van der Waals surface area contributed by atoms with Crippen molar-refractivity contribution in [3.8, 4) is 0 Å². The second-order valence-corrected chi connectivity index (χ2v) is 6.86. The van der Waals surface area contributed by atoms with Gasteiger partial charge in [0.2, 0.25) is 5.91 Å². The fourth-order valence-corrected chi connectivity index (χ4v) is 3.59. The highest BCUT2D eigenvalue weighted by Gasteiger charge is 2.47. The SMILES string of the molecule is CN1CCC(C(=O)NC2CCC(C(F)(F)F)CC2)CC1C(F)(F)F. The first kappa shape index (κ1) is 19.3. The Labute approximate surface area is 136 Å². The Hall–Kier alpha value is -0.990.